The van der Waals surface area contributed by atoms with Gasteiger partial charge >= 0.3 is 0 Å². The first kappa shape index (κ1) is 14.8. The van der Waals surface area contributed by atoms with Crippen molar-refractivity contribution < 1.29 is 0 Å². The van der Waals surface area contributed by atoms with E-state index in [2.05, 4.69) is 53.9 Å². The molecule has 0 saturated heterocycles. The summed E-state index contributed by atoms with van der Waals surface area (Å²) in [7, 11) is 0. The molecule has 0 unspecified atom stereocenters. The van der Waals surface area contributed by atoms with Gasteiger partial charge in [0.2, 0.25) is 0 Å². The van der Waals surface area contributed by atoms with Crippen molar-refractivity contribution in [1.82, 2.24) is 24.6 Å². The predicted molar refractivity (Wildman–Crippen MR) is 80.6 cm³/mol. The van der Waals surface area contributed by atoms with Gasteiger partial charge in [0.05, 0.1) is 18.4 Å². The van der Waals surface area contributed by atoms with Crippen LogP contribution in [0.25, 0.3) is 0 Å². The van der Waals surface area contributed by atoms with E-state index in [0.717, 1.165) is 25.5 Å². The molecule has 110 valence electrons. The van der Waals surface area contributed by atoms with Gasteiger partial charge in [0.1, 0.15) is 5.82 Å². The Hall–Kier alpha value is -1.62. The van der Waals surface area contributed by atoms with E-state index in [1.54, 1.807) is 0 Å². The Morgan fingerprint density at radius 3 is 2.60 bits per heavy atom. The Bertz CT molecular complexity index is 559. The summed E-state index contributed by atoms with van der Waals surface area (Å²) >= 11 is 0. The first-order valence-electron chi connectivity index (χ1n) is 7.16. The standard InChI is InChI=1S/C15H25N5/c1-6-19-10-13(7-18-19)11-20-12(2)16-8-14(20)9-17-15(3,4)5/h7-8,10,17H,6,9,11H2,1-5H3. The van der Waals surface area contributed by atoms with Crippen LogP contribution in [0.2, 0.25) is 0 Å². The SMILES string of the molecule is CCn1cc(Cn2c(CNC(C)(C)C)cnc2C)cn1. The van der Waals surface area contributed by atoms with E-state index < -0.39 is 0 Å². The summed E-state index contributed by atoms with van der Waals surface area (Å²) < 4.78 is 4.20. The van der Waals surface area contributed by atoms with Crippen LogP contribution in [-0.4, -0.2) is 24.9 Å². The summed E-state index contributed by atoms with van der Waals surface area (Å²) in [4.78, 5) is 4.44. The summed E-state index contributed by atoms with van der Waals surface area (Å²) in [5.74, 6) is 1.04. The lowest BCUT2D eigenvalue weighted by Crippen LogP contribution is -2.35. The molecule has 20 heavy (non-hydrogen) atoms. The Kier molecular flexibility index (Phi) is 4.28. The van der Waals surface area contributed by atoms with Crippen molar-refractivity contribution in [2.24, 2.45) is 0 Å². The van der Waals surface area contributed by atoms with Gasteiger partial charge in [0.25, 0.3) is 0 Å². The third kappa shape index (κ3) is 3.70. The van der Waals surface area contributed by atoms with E-state index in [9.17, 15) is 0 Å². The molecule has 5 heteroatoms. The van der Waals surface area contributed by atoms with Crippen LogP contribution in [0.1, 0.15) is 44.8 Å². The highest BCUT2D eigenvalue weighted by Crippen LogP contribution is 2.11. The van der Waals surface area contributed by atoms with Gasteiger partial charge < -0.3 is 9.88 Å². The average molecular weight is 275 g/mol. The average Bonchev–Trinajstić information content (AvgIpc) is 2.95. The van der Waals surface area contributed by atoms with E-state index >= 15 is 0 Å². The molecule has 2 aromatic rings. The van der Waals surface area contributed by atoms with Crippen molar-refractivity contribution in [3.8, 4) is 0 Å². The van der Waals surface area contributed by atoms with Gasteiger partial charge in [-0.05, 0) is 34.6 Å². The minimum absolute atomic E-state index is 0.107. The highest BCUT2D eigenvalue weighted by molar-refractivity contribution is 5.12. The van der Waals surface area contributed by atoms with Gasteiger partial charge in [-0.25, -0.2) is 4.98 Å². The highest BCUT2D eigenvalue weighted by atomic mass is 15.3. The fraction of sp³-hybridized carbons (Fsp3) is 0.600. The molecule has 0 bridgehead atoms. The molecule has 2 heterocycles. The summed E-state index contributed by atoms with van der Waals surface area (Å²) in [6.07, 6.45) is 5.99. The van der Waals surface area contributed by atoms with Crippen LogP contribution < -0.4 is 5.32 Å². The van der Waals surface area contributed by atoms with Crippen LogP contribution in [0.4, 0.5) is 0 Å². The lowest BCUT2D eigenvalue weighted by Gasteiger charge is -2.21. The second-order valence-electron chi connectivity index (χ2n) is 6.19. The maximum absolute atomic E-state index is 4.44. The number of hydrogen-bond acceptors (Lipinski definition) is 3. The van der Waals surface area contributed by atoms with Gasteiger partial charge in [-0.3, -0.25) is 4.68 Å². The third-order valence-electron chi connectivity index (χ3n) is 3.29. The summed E-state index contributed by atoms with van der Waals surface area (Å²) in [5.41, 5.74) is 2.53. The molecule has 0 saturated carbocycles. The Labute approximate surface area is 121 Å². The first-order chi connectivity index (χ1) is 9.39. The molecule has 5 nitrogen and oxygen atoms in total. The molecular formula is C15H25N5. The summed E-state index contributed by atoms with van der Waals surface area (Å²) in [5, 5.41) is 7.84. The topological polar surface area (TPSA) is 47.7 Å². The number of nitrogens with zero attached hydrogens (tertiary/aromatic N) is 4. The van der Waals surface area contributed by atoms with Crippen LogP contribution in [0.3, 0.4) is 0 Å². The Morgan fingerprint density at radius 2 is 2.00 bits per heavy atom. The van der Waals surface area contributed by atoms with Crippen LogP contribution in [0.15, 0.2) is 18.6 Å². The lowest BCUT2D eigenvalue weighted by atomic mass is 10.1. The van der Waals surface area contributed by atoms with E-state index in [0.29, 0.717) is 0 Å². The second-order valence-corrected chi connectivity index (χ2v) is 6.19. The largest absolute Gasteiger partial charge is 0.326 e. The van der Waals surface area contributed by atoms with Crippen molar-refractivity contribution >= 4 is 0 Å². The van der Waals surface area contributed by atoms with E-state index in [1.165, 1.54) is 11.3 Å². The highest BCUT2D eigenvalue weighted by Gasteiger charge is 2.12. The minimum Gasteiger partial charge on any atom is -0.326 e. The Morgan fingerprint density at radius 1 is 1.25 bits per heavy atom. The zero-order chi connectivity index (χ0) is 14.8. The molecule has 0 atom stereocenters. The number of imidazole rings is 1. The zero-order valence-corrected chi connectivity index (χ0v) is 13.1. The number of rotatable bonds is 5. The number of nitrogens with one attached hydrogen (secondary N) is 1. The molecule has 0 aliphatic heterocycles. The summed E-state index contributed by atoms with van der Waals surface area (Å²) in [6.45, 7) is 13.2. The van der Waals surface area contributed by atoms with Gasteiger partial charge in [-0.15, -0.1) is 0 Å². The number of aryl methyl sites for hydroxylation is 2. The van der Waals surface area contributed by atoms with Crippen molar-refractivity contribution in [1.29, 1.82) is 0 Å². The van der Waals surface area contributed by atoms with Gasteiger partial charge in [0, 0.05) is 36.6 Å². The molecule has 2 aromatic heterocycles. The van der Waals surface area contributed by atoms with E-state index in [-0.39, 0.29) is 5.54 Å². The second kappa shape index (κ2) is 5.79. The van der Waals surface area contributed by atoms with Crippen molar-refractivity contribution in [3.05, 3.63) is 35.7 Å². The van der Waals surface area contributed by atoms with Crippen LogP contribution in [-0.2, 0) is 19.6 Å². The van der Waals surface area contributed by atoms with Gasteiger partial charge in [-0.2, -0.15) is 5.10 Å². The van der Waals surface area contributed by atoms with Crippen molar-refractivity contribution in [2.75, 3.05) is 0 Å². The van der Waals surface area contributed by atoms with Crippen molar-refractivity contribution in [2.45, 2.75) is 59.8 Å². The van der Waals surface area contributed by atoms with Gasteiger partial charge in [-0.1, -0.05) is 0 Å². The smallest absolute Gasteiger partial charge is 0.106 e. The quantitative estimate of drug-likeness (QED) is 0.911. The lowest BCUT2D eigenvalue weighted by molar-refractivity contribution is 0.416. The molecule has 0 radical (unpaired) electrons. The van der Waals surface area contributed by atoms with Gasteiger partial charge in [0.15, 0.2) is 0 Å². The first-order valence-corrected chi connectivity index (χ1v) is 7.16. The predicted octanol–water partition coefficient (Wildman–Crippen LogP) is 2.34. The maximum atomic E-state index is 4.44. The number of hydrogen-bond donors (Lipinski definition) is 1. The molecule has 0 spiro atoms. The molecule has 1 N–H and O–H groups in total. The summed E-state index contributed by atoms with van der Waals surface area (Å²) in [6, 6.07) is 0. The fourth-order valence-corrected chi connectivity index (χ4v) is 2.07. The Balaban J connectivity index is 2.12. The van der Waals surface area contributed by atoms with Crippen LogP contribution >= 0.6 is 0 Å². The van der Waals surface area contributed by atoms with E-state index in [1.807, 2.05) is 24.0 Å². The fourth-order valence-electron chi connectivity index (χ4n) is 2.07. The number of aromatic nitrogens is 4. The third-order valence-corrected chi connectivity index (χ3v) is 3.29. The maximum Gasteiger partial charge on any atom is 0.106 e. The monoisotopic (exact) mass is 275 g/mol. The normalized spacial score (nSPS) is 12.1. The molecule has 0 aliphatic rings. The molecule has 0 fully saturated rings. The van der Waals surface area contributed by atoms with Crippen LogP contribution in [0.5, 0.6) is 0 Å². The molecule has 0 aliphatic carbocycles. The molecule has 2 rings (SSSR count). The molecule has 0 aromatic carbocycles. The zero-order valence-electron chi connectivity index (χ0n) is 13.1. The minimum atomic E-state index is 0.107. The molecular weight excluding hydrogens is 250 g/mol. The van der Waals surface area contributed by atoms with Crippen LogP contribution in [0, 0.1) is 6.92 Å². The van der Waals surface area contributed by atoms with E-state index in [4.69, 9.17) is 0 Å². The molecule has 0 amide bonds. The van der Waals surface area contributed by atoms with Crippen molar-refractivity contribution in [3.63, 3.8) is 0 Å².